The molecule has 102 valence electrons. The first-order valence-electron chi connectivity index (χ1n) is 5.57. The maximum Gasteiger partial charge on any atom is 0.130 e. The maximum atomic E-state index is 10.3. The van der Waals surface area contributed by atoms with Gasteiger partial charge in [0.2, 0.25) is 0 Å². The minimum atomic E-state index is -0.733. The molecule has 1 N–H and O–H groups in total. The third-order valence-corrected chi connectivity index (χ3v) is 4.36. The zero-order chi connectivity index (χ0) is 14.2. The van der Waals surface area contributed by atoms with E-state index < -0.39 is 6.10 Å². The lowest BCUT2D eigenvalue weighted by molar-refractivity contribution is 0.172. The molecular formula is C12H12Br2ClN3O. The summed E-state index contributed by atoms with van der Waals surface area (Å²) < 4.78 is 3.21. The summed E-state index contributed by atoms with van der Waals surface area (Å²) in [6, 6.07) is 1.85. The molecule has 0 radical (unpaired) electrons. The van der Waals surface area contributed by atoms with Crippen molar-refractivity contribution >= 4 is 43.5 Å². The lowest BCUT2D eigenvalue weighted by Gasteiger charge is -2.12. The predicted molar refractivity (Wildman–Crippen MR) is 81.3 cm³/mol. The minimum absolute atomic E-state index is 0.381. The van der Waals surface area contributed by atoms with Gasteiger partial charge in [0.15, 0.2) is 0 Å². The topological polar surface area (TPSA) is 50.9 Å². The van der Waals surface area contributed by atoms with Gasteiger partial charge in [-0.1, -0.05) is 11.6 Å². The highest BCUT2D eigenvalue weighted by molar-refractivity contribution is 9.11. The van der Waals surface area contributed by atoms with E-state index in [0.29, 0.717) is 17.3 Å². The van der Waals surface area contributed by atoms with Gasteiger partial charge in [-0.05, 0) is 44.8 Å². The normalized spacial score (nSPS) is 12.7. The number of hydrogen-bond donors (Lipinski definition) is 1. The molecule has 0 saturated heterocycles. The SMILES string of the molecule is Cc1nn(C)c(Cl)c1CC(O)c1ncc(Br)cc1Br. The molecule has 0 spiro atoms. The second kappa shape index (κ2) is 5.91. The van der Waals surface area contributed by atoms with Gasteiger partial charge in [-0.25, -0.2) is 0 Å². The largest absolute Gasteiger partial charge is 0.386 e. The summed E-state index contributed by atoms with van der Waals surface area (Å²) in [5, 5.41) is 15.1. The van der Waals surface area contributed by atoms with E-state index in [1.54, 1.807) is 17.9 Å². The van der Waals surface area contributed by atoms with Crippen LogP contribution in [0.2, 0.25) is 5.15 Å². The smallest absolute Gasteiger partial charge is 0.130 e. The first kappa shape index (κ1) is 15.0. The molecular weight excluding hydrogens is 397 g/mol. The number of nitrogens with zero attached hydrogens (tertiary/aromatic N) is 3. The summed E-state index contributed by atoms with van der Waals surface area (Å²) in [6.45, 7) is 1.87. The molecule has 7 heteroatoms. The molecule has 1 atom stereocenters. The molecule has 0 bridgehead atoms. The molecule has 2 rings (SSSR count). The number of aliphatic hydroxyl groups is 1. The number of halogens is 3. The van der Waals surface area contributed by atoms with Gasteiger partial charge in [0.25, 0.3) is 0 Å². The zero-order valence-electron chi connectivity index (χ0n) is 10.4. The first-order chi connectivity index (χ1) is 8.90. The van der Waals surface area contributed by atoms with Gasteiger partial charge < -0.3 is 5.11 Å². The molecule has 0 aliphatic heterocycles. The lowest BCUT2D eigenvalue weighted by atomic mass is 10.1. The van der Waals surface area contributed by atoms with Gasteiger partial charge >= 0.3 is 0 Å². The number of aromatic nitrogens is 3. The van der Waals surface area contributed by atoms with Gasteiger partial charge in [0.05, 0.1) is 11.4 Å². The average Bonchev–Trinajstić information content (AvgIpc) is 2.56. The summed E-state index contributed by atoms with van der Waals surface area (Å²) in [5.74, 6) is 0. The number of aryl methyl sites for hydroxylation is 2. The van der Waals surface area contributed by atoms with Gasteiger partial charge in [0, 0.05) is 34.2 Å². The van der Waals surface area contributed by atoms with Crippen molar-refractivity contribution in [3.05, 3.63) is 43.3 Å². The van der Waals surface area contributed by atoms with Crippen LogP contribution < -0.4 is 0 Å². The van der Waals surface area contributed by atoms with Crippen molar-refractivity contribution in [2.75, 3.05) is 0 Å². The van der Waals surface area contributed by atoms with Crippen molar-refractivity contribution in [3.8, 4) is 0 Å². The molecule has 2 heterocycles. The van der Waals surface area contributed by atoms with Crippen LogP contribution in [-0.4, -0.2) is 19.9 Å². The molecule has 0 amide bonds. The molecule has 0 aromatic carbocycles. The van der Waals surface area contributed by atoms with E-state index >= 15 is 0 Å². The van der Waals surface area contributed by atoms with Gasteiger partial charge in [0.1, 0.15) is 11.3 Å². The average molecular weight is 410 g/mol. The molecule has 4 nitrogen and oxygen atoms in total. The van der Waals surface area contributed by atoms with Crippen molar-refractivity contribution in [2.45, 2.75) is 19.4 Å². The molecule has 2 aromatic heterocycles. The van der Waals surface area contributed by atoms with E-state index in [9.17, 15) is 5.11 Å². The number of aliphatic hydroxyl groups excluding tert-OH is 1. The third kappa shape index (κ3) is 3.18. The monoisotopic (exact) mass is 407 g/mol. The Morgan fingerprint density at radius 3 is 2.68 bits per heavy atom. The summed E-state index contributed by atoms with van der Waals surface area (Å²) in [5.41, 5.74) is 2.25. The number of pyridine rings is 1. The molecule has 0 aliphatic rings. The van der Waals surface area contributed by atoms with Crippen LogP contribution in [0.25, 0.3) is 0 Å². The Morgan fingerprint density at radius 1 is 1.47 bits per heavy atom. The van der Waals surface area contributed by atoms with E-state index in [2.05, 4.69) is 41.9 Å². The standard InChI is InChI=1S/C12H12Br2ClN3O/c1-6-8(12(15)18(2)17-6)4-10(19)11-9(14)3-7(13)5-16-11/h3,5,10,19H,4H2,1-2H3. The summed E-state index contributed by atoms with van der Waals surface area (Å²) in [6.07, 6.45) is 1.30. The highest BCUT2D eigenvalue weighted by atomic mass is 79.9. The van der Waals surface area contributed by atoms with Crippen molar-refractivity contribution in [1.82, 2.24) is 14.8 Å². The Kier molecular flexibility index (Phi) is 4.66. The van der Waals surface area contributed by atoms with E-state index in [1.165, 1.54) is 0 Å². The van der Waals surface area contributed by atoms with Crippen LogP contribution in [-0.2, 0) is 13.5 Å². The third-order valence-electron chi connectivity index (χ3n) is 2.82. The molecule has 0 saturated carbocycles. The molecule has 19 heavy (non-hydrogen) atoms. The van der Waals surface area contributed by atoms with Crippen LogP contribution in [0.4, 0.5) is 0 Å². The predicted octanol–water partition coefficient (Wildman–Crippen LogP) is 3.58. The van der Waals surface area contributed by atoms with Gasteiger partial charge in [-0.15, -0.1) is 0 Å². The Bertz CT molecular complexity index is 615. The van der Waals surface area contributed by atoms with Gasteiger partial charge in [-0.3, -0.25) is 9.67 Å². The van der Waals surface area contributed by atoms with Gasteiger partial charge in [-0.2, -0.15) is 5.10 Å². The second-order valence-corrected chi connectivity index (χ2v) is 6.35. The molecule has 2 aromatic rings. The highest BCUT2D eigenvalue weighted by Crippen LogP contribution is 2.29. The van der Waals surface area contributed by atoms with Crippen LogP contribution in [0.15, 0.2) is 21.2 Å². The summed E-state index contributed by atoms with van der Waals surface area (Å²) in [7, 11) is 1.78. The van der Waals surface area contributed by atoms with Crippen LogP contribution in [0, 0.1) is 6.92 Å². The maximum absolute atomic E-state index is 10.3. The fraction of sp³-hybridized carbons (Fsp3) is 0.333. The Hall–Kier alpha value is -0.430. The Balaban J connectivity index is 2.28. The molecule has 0 fully saturated rings. The summed E-state index contributed by atoms with van der Waals surface area (Å²) >= 11 is 12.9. The first-order valence-corrected chi connectivity index (χ1v) is 7.53. The zero-order valence-corrected chi connectivity index (χ0v) is 14.3. The molecule has 1 unspecified atom stereocenters. The van der Waals surface area contributed by atoms with Crippen molar-refractivity contribution in [2.24, 2.45) is 7.05 Å². The van der Waals surface area contributed by atoms with Crippen molar-refractivity contribution in [1.29, 1.82) is 0 Å². The Morgan fingerprint density at radius 2 is 2.16 bits per heavy atom. The minimum Gasteiger partial charge on any atom is -0.386 e. The van der Waals surface area contributed by atoms with Crippen molar-refractivity contribution in [3.63, 3.8) is 0 Å². The Labute approximate surface area is 133 Å². The van der Waals surface area contributed by atoms with Crippen LogP contribution >= 0.6 is 43.5 Å². The number of rotatable bonds is 3. The fourth-order valence-corrected chi connectivity index (χ4v) is 3.37. The van der Waals surface area contributed by atoms with E-state index in [1.807, 2.05) is 13.0 Å². The van der Waals surface area contributed by atoms with Crippen LogP contribution in [0.1, 0.15) is 23.1 Å². The van der Waals surface area contributed by atoms with Crippen LogP contribution in [0.5, 0.6) is 0 Å². The summed E-state index contributed by atoms with van der Waals surface area (Å²) in [4.78, 5) is 4.23. The van der Waals surface area contributed by atoms with E-state index in [0.717, 1.165) is 20.2 Å². The van der Waals surface area contributed by atoms with E-state index in [4.69, 9.17) is 11.6 Å². The van der Waals surface area contributed by atoms with Crippen molar-refractivity contribution < 1.29 is 5.11 Å². The van der Waals surface area contributed by atoms with Crippen LogP contribution in [0.3, 0.4) is 0 Å². The number of hydrogen-bond acceptors (Lipinski definition) is 3. The fourth-order valence-electron chi connectivity index (χ4n) is 1.87. The molecule has 0 aliphatic carbocycles. The highest BCUT2D eigenvalue weighted by Gasteiger charge is 2.19. The lowest BCUT2D eigenvalue weighted by Crippen LogP contribution is -2.06. The quantitative estimate of drug-likeness (QED) is 0.843. The van der Waals surface area contributed by atoms with E-state index in [-0.39, 0.29) is 0 Å². The second-order valence-electron chi connectivity index (χ2n) is 4.22.